The fraction of sp³-hybridized carbons (Fsp3) is 0.310. The Balaban J connectivity index is 1.40. The number of anilines is 1. The van der Waals surface area contributed by atoms with E-state index in [4.69, 9.17) is 15.6 Å². The van der Waals surface area contributed by atoms with E-state index in [2.05, 4.69) is 36.1 Å². The van der Waals surface area contributed by atoms with Gasteiger partial charge >= 0.3 is 0 Å². The number of nitrogens with one attached hydrogen (secondary N) is 1. The van der Waals surface area contributed by atoms with Crippen molar-refractivity contribution in [3.63, 3.8) is 0 Å². The second-order valence-corrected chi connectivity index (χ2v) is 10.6. The van der Waals surface area contributed by atoms with Crippen molar-refractivity contribution in [2.24, 2.45) is 11.3 Å². The number of aromatic nitrogens is 4. The highest BCUT2D eigenvalue weighted by Crippen LogP contribution is 2.44. The van der Waals surface area contributed by atoms with Gasteiger partial charge in [-0.15, -0.1) is 0 Å². The van der Waals surface area contributed by atoms with E-state index in [1.165, 1.54) is 6.33 Å². The minimum Gasteiger partial charge on any atom is -0.512 e. The molecule has 2 atom stereocenters. The number of methoxy groups -OCH3 is 1. The number of aliphatic hydroxyl groups excluding tert-OH is 1. The molecule has 0 spiro atoms. The maximum Gasteiger partial charge on any atom is 0.255 e. The van der Waals surface area contributed by atoms with Crippen molar-refractivity contribution >= 4 is 22.8 Å². The van der Waals surface area contributed by atoms with E-state index in [-0.39, 0.29) is 23.3 Å². The van der Waals surface area contributed by atoms with Crippen LogP contribution in [0.3, 0.4) is 0 Å². The molecule has 0 radical (unpaired) electrons. The molecule has 0 saturated heterocycles. The summed E-state index contributed by atoms with van der Waals surface area (Å²) in [6, 6.07) is 14.8. The molecule has 1 amide bonds. The summed E-state index contributed by atoms with van der Waals surface area (Å²) in [6.07, 6.45) is 4.02. The van der Waals surface area contributed by atoms with Gasteiger partial charge in [-0.1, -0.05) is 57.2 Å². The number of ether oxygens (including phenoxy) is 1. The summed E-state index contributed by atoms with van der Waals surface area (Å²) < 4.78 is 7.13. The third kappa shape index (κ3) is 4.67. The molecule has 9 heteroatoms. The molecule has 2 aromatic heterocycles. The summed E-state index contributed by atoms with van der Waals surface area (Å²) in [4.78, 5) is 21.4. The van der Waals surface area contributed by atoms with Crippen LogP contribution in [0.5, 0.6) is 5.75 Å². The van der Waals surface area contributed by atoms with Gasteiger partial charge in [0.05, 0.1) is 29.9 Å². The number of fused-ring (bicyclic) bond motifs is 1. The predicted octanol–water partition coefficient (Wildman–Crippen LogP) is 5.06. The van der Waals surface area contributed by atoms with E-state index >= 15 is 0 Å². The largest absolute Gasteiger partial charge is 0.512 e. The van der Waals surface area contributed by atoms with Crippen LogP contribution in [-0.2, 0) is 6.54 Å². The molecule has 0 aliphatic heterocycles. The lowest BCUT2D eigenvalue weighted by Gasteiger charge is -2.27. The van der Waals surface area contributed by atoms with E-state index in [9.17, 15) is 9.90 Å². The van der Waals surface area contributed by atoms with Gasteiger partial charge in [-0.25, -0.2) is 14.6 Å². The van der Waals surface area contributed by atoms with Crippen LogP contribution in [0.25, 0.3) is 22.3 Å². The van der Waals surface area contributed by atoms with Crippen LogP contribution >= 0.6 is 0 Å². The van der Waals surface area contributed by atoms with Gasteiger partial charge < -0.3 is 20.9 Å². The van der Waals surface area contributed by atoms with Crippen LogP contribution in [0.15, 0.2) is 66.7 Å². The Morgan fingerprint density at radius 3 is 2.58 bits per heavy atom. The van der Waals surface area contributed by atoms with Crippen molar-refractivity contribution in [2.75, 3.05) is 12.8 Å². The second-order valence-electron chi connectivity index (χ2n) is 10.6. The van der Waals surface area contributed by atoms with Crippen LogP contribution in [0, 0.1) is 11.3 Å². The van der Waals surface area contributed by atoms with Crippen molar-refractivity contribution < 1.29 is 14.6 Å². The first-order valence-corrected chi connectivity index (χ1v) is 12.6. The number of para-hydroxylation sites is 1. The fourth-order valence-corrected chi connectivity index (χ4v) is 5.03. The monoisotopic (exact) mass is 512 g/mol. The normalized spacial score (nSPS) is 17.4. The van der Waals surface area contributed by atoms with Crippen LogP contribution in [-0.4, -0.2) is 37.9 Å². The van der Waals surface area contributed by atoms with Crippen molar-refractivity contribution in [2.45, 2.75) is 39.8 Å². The second kappa shape index (κ2) is 9.81. The first kappa shape index (κ1) is 25.3. The van der Waals surface area contributed by atoms with Gasteiger partial charge in [-0.2, -0.15) is 5.10 Å². The summed E-state index contributed by atoms with van der Waals surface area (Å²) in [5.74, 6) is 1.08. The Kier molecular flexibility index (Phi) is 6.52. The van der Waals surface area contributed by atoms with Crippen molar-refractivity contribution in [3.8, 4) is 17.0 Å². The number of carbonyl (C=O) groups excluding carboxylic acids is 1. The number of allylic oxidation sites excluding steroid dienone is 2. The van der Waals surface area contributed by atoms with Crippen LogP contribution in [0.2, 0.25) is 0 Å². The smallest absolute Gasteiger partial charge is 0.255 e. The summed E-state index contributed by atoms with van der Waals surface area (Å²) in [7, 11) is 1.54. The first-order valence-electron chi connectivity index (χ1n) is 12.6. The zero-order chi connectivity index (χ0) is 27.0. The van der Waals surface area contributed by atoms with Crippen LogP contribution in [0.1, 0.15) is 49.2 Å². The number of nitrogens with two attached hydrogens (primary N) is 1. The van der Waals surface area contributed by atoms with E-state index in [1.54, 1.807) is 25.3 Å². The minimum atomic E-state index is -0.206. The maximum atomic E-state index is 12.7. The summed E-state index contributed by atoms with van der Waals surface area (Å²) >= 11 is 0. The molecule has 0 saturated carbocycles. The highest BCUT2D eigenvalue weighted by molar-refractivity contribution is 5.98. The first-order chi connectivity index (χ1) is 18.2. The maximum absolute atomic E-state index is 12.7. The number of aliphatic hydroxyl groups is 1. The molecule has 2 heterocycles. The molecule has 38 heavy (non-hydrogen) atoms. The molecule has 1 aliphatic rings. The number of amides is 1. The fourth-order valence-electron chi connectivity index (χ4n) is 5.03. The molecular weight excluding hydrogens is 480 g/mol. The van der Waals surface area contributed by atoms with Crippen molar-refractivity contribution in [1.82, 2.24) is 25.1 Å². The average Bonchev–Trinajstić information content (AvgIpc) is 3.49. The number of carbonyl (C=O) groups is 1. The third-order valence-corrected chi connectivity index (χ3v) is 7.11. The topological polar surface area (TPSA) is 128 Å². The lowest BCUT2D eigenvalue weighted by molar-refractivity contribution is 0.0948. The highest BCUT2D eigenvalue weighted by atomic mass is 16.5. The standard InChI is InChI=1S/C29H32N6O3/c1-29(2,3)21-13-19(14-22(21)36)35-27-24(26(30)32-16-33-27)25(34-35)18-11-9-17(10-12-18)15-31-28(37)20-7-5-6-8-23(20)38-4/h5-12,14,16,19,21,36H,13,15H2,1-4H3,(H,31,37)(H2,30,32,33). The molecular formula is C29H32N6O3. The number of hydrogen-bond acceptors (Lipinski definition) is 7. The molecule has 4 aromatic rings. The molecule has 5 rings (SSSR count). The van der Waals surface area contributed by atoms with Gasteiger partial charge in [-0.3, -0.25) is 4.79 Å². The third-order valence-electron chi connectivity index (χ3n) is 7.11. The molecule has 0 bridgehead atoms. The van der Waals surface area contributed by atoms with Crippen LogP contribution in [0.4, 0.5) is 5.82 Å². The highest BCUT2D eigenvalue weighted by Gasteiger charge is 2.37. The van der Waals surface area contributed by atoms with Crippen molar-refractivity contribution in [1.29, 1.82) is 0 Å². The summed E-state index contributed by atoms with van der Waals surface area (Å²) in [5, 5.41) is 19.2. The Morgan fingerprint density at radius 2 is 1.89 bits per heavy atom. The summed E-state index contributed by atoms with van der Waals surface area (Å²) in [5.41, 5.74) is 9.79. The number of rotatable bonds is 6. The van der Waals surface area contributed by atoms with E-state index in [1.807, 2.05) is 41.1 Å². The molecule has 2 unspecified atom stereocenters. The van der Waals surface area contributed by atoms with Crippen molar-refractivity contribution in [3.05, 3.63) is 77.8 Å². The van der Waals surface area contributed by atoms with Gasteiger partial charge in [0.2, 0.25) is 0 Å². The molecule has 2 aromatic carbocycles. The Hall–Kier alpha value is -4.40. The van der Waals surface area contributed by atoms with Gasteiger partial charge in [0.1, 0.15) is 23.6 Å². The zero-order valence-corrected chi connectivity index (χ0v) is 22.0. The quantitative estimate of drug-likeness (QED) is 0.329. The molecule has 196 valence electrons. The minimum absolute atomic E-state index is 0.0275. The molecule has 4 N–H and O–H groups in total. The molecule has 1 aliphatic carbocycles. The number of hydrogen-bond donors (Lipinski definition) is 3. The van der Waals surface area contributed by atoms with Gasteiger partial charge in [0.15, 0.2) is 5.65 Å². The lowest BCUT2D eigenvalue weighted by atomic mass is 9.79. The number of nitrogen functional groups attached to an aromatic ring is 1. The number of benzene rings is 2. The van der Waals surface area contributed by atoms with Crippen LogP contribution < -0.4 is 15.8 Å². The van der Waals surface area contributed by atoms with Gasteiger partial charge in [0.25, 0.3) is 5.91 Å². The molecule has 0 fully saturated rings. The zero-order valence-electron chi connectivity index (χ0n) is 22.0. The lowest BCUT2D eigenvalue weighted by Crippen LogP contribution is -2.23. The summed E-state index contributed by atoms with van der Waals surface area (Å²) in [6.45, 7) is 6.73. The van der Waals surface area contributed by atoms with Gasteiger partial charge in [-0.05, 0) is 35.6 Å². The molecule has 9 nitrogen and oxygen atoms in total. The Morgan fingerprint density at radius 1 is 1.16 bits per heavy atom. The average molecular weight is 513 g/mol. The van der Waals surface area contributed by atoms with E-state index in [0.29, 0.717) is 46.2 Å². The SMILES string of the molecule is COc1ccccc1C(=O)NCc1ccc(-c2nn(C3C=C(O)C(C(C)(C)C)C3)c3ncnc(N)c23)cc1. The van der Waals surface area contributed by atoms with E-state index in [0.717, 1.165) is 17.5 Å². The van der Waals surface area contributed by atoms with Gasteiger partial charge in [0, 0.05) is 18.0 Å². The Labute approximate surface area is 221 Å². The Bertz CT molecular complexity index is 1520. The van der Waals surface area contributed by atoms with E-state index < -0.39 is 0 Å². The predicted molar refractivity (Wildman–Crippen MR) is 147 cm³/mol. The number of nitrogens with zero attached hydrogens (tertiary/aromatic N) is 4.